The molecule has 2 saturated carbocycles. The molecule has 5 heteroatoms. The molecule has 4 atom stereocenters. The Hall–Kier alpha value is -1.36. The quantitative estimate of drug-likeness (QED) is 0.808. The van der Waals surface area contributed by atoms with Gasteiger partial charge in [0, 0.05) is 10.8 Å². The molecule has 25 heavy (non-hydrogen) atoms. The molecule has 0 radical (unpaired) electrons. The van der Waals surface area contributed by atoms with Gasteiger partial charge in [0.15, 0.2) is 0 Å². The van der Waals surface area contributed by atoms with Crippen molar-refractivity contribution in [1.82, 2.24) is 0 Å². The van der Waals surface area contributed by atoms with E-state index in [-0.39, 0.29) is 17.8 Å². The summed E-state index contributed by atoms with van der Waals surface area (Å²) in [6, 6.07) is 0. The van der Waals surface area contributed by atoms with Crippen LogP contribution in [0.15, 0.2) is 0 Å². The number of amides is 1. The molecule has 136 valence electrons. The first-order valence-corrected chi connectivity index (χ1v) is 10.5. The van der Waals surface area contributed by atoms with Gasteiger partial charge in [-0.1, -0.05) is 13.3 Å². The molecule has 4 nitrogen and oxygen atoms in total. The second-order valence-corrected chi connectivity index (χ2v) is 9.15. The van der Waals surface area contributed by atoms with Crippen LogP contribution in [0.5, 0.6) is 0 Å². The Morgan fingerprint density at radius 1 is 1.24 bits per heavy atom. The van der Waals surface area contributed by atoms with Crippen molar-refractivity contribution >= 4 is 28.2 Å². The molecule has 1 heterocycles. The van der Waals surface area contributed by atoms with Gasteiger partial charge in [-0.3, -0.25) is 4.79 Å². The molecule has 1 N–H and O–H groups in total. The summed E-state index contributed by atoms with van der Waals surface area (Å²) in [4.78, 5) is 26.7. The summed E-state index contributed by atoms with van der Waals surface area (Å²) >= 11 is 1.59. The lowest BCUT2D eigenvalue weighted by atomic mass is 9.87. The van der Waals surface area contributed by atoms with Crippen LogP contribution in [0.1, 0.15) is 66.8 Å². The van der Waals surface area contributed by atoms with Gasteiger partial charge >= 0.3 is 5.97 Å². The van der Waals surface area contributed by atoms with Crippen LogP contribution >= 0.6 is 11.3 Å². The van der Waals surface area contributed by atoms with Crippen LogP contribution in [0, 0.1) is 23.7 Å². The van der Waals surface area contributed by atoms with Gasteiger partial charge in [0.2, 0.25) is 5.91 Å². The first-order valence-electron chi connectivity index (χ1n) is 9.69. The standard InChI is InChI=1S/C20H27NO3S/c1-3-24-20(23)17-14-7-4-11(2)8-16(14)25-19(17)21-18(22)15-10-12-5-6-13(15)9-12/h11-13,15H,3-10H2,1-2H3,(H,21,22)/t11-,12+,13-,15-/m1/s1. The van der Waals surface area contributed by atoms with Crippen molar-refractivity contribution in [3.63, 3.8) is 0 Å². The van der Waals surface area contributed by atoms with E-state index in [1.165, 1.54) is 24.1 Å². The zero-order chi connectivity index (χ0) is 17.6. The van der Waals surface area contributed by atoms with Gasteiger partial charge in [-0.2, -0.15) is 0 Å². The summed E-state index contributed by atoms with van der Waals surface area (Å²) in [7, 11) is 0. The molecule has 0 saturated heterocycles. The minimum absolute atomic E-state index is 0.115. The topological polar surface area (TPSA) is 55.4 Å². The maximum Gasteiger partial charge on any atom is 0.341 e. The minimum Gasteiger partial charge on any atom is -0.462 e. The molecule has 3 aliphatic carbocycles. The molecule has 0 spiro atoms. The molecular formula is C20H27NO3S. The van der Waals surface area contributed by atoms with Crippen LogP contribution in [-0.2, 0) is 22.4 Å². The lowest BCUT2D eigenvalue weighted by Gasteiger charge is -2.20. The highest BCUT2D eigenvalue weighted by molar-refractivity contribution is 7.17. The Balaban J connectivity index is 1.59. The normalized spacial score (nSPS) is 30.2. The van der Waals surface area contributed by atoms with E-state index in [2.05, 4.69) is 12.2 Å². The number of anilines is 1. The molecule has 3 aliphatic rings. The third-order valence-electron chi connectivity index (χ3n) is 6.30. The number of nitrogens with one attached hydrogen (secondary N) is 1. The molecule has 0 unspecified atom stereocenters. The Labute approximate surface area is 153 Å². The van der Waals surface area contributed by atoms with Crippen LogP contribution < -0.4 is 5.32 Å². The van der Waals surface area contributed by atoms with Gasteiger partial charge in [0.1, 0.15) is 5.00 Å². The summed E-state index contributed by atoms with van der Waals surface area (Å²) in [6.07, 6.45) is 7.70. The molecule has 1 amide bonds. The Morgan fingerprint density at radius 2 is 2.08 bits per heavy atom. The van der Waals surface area contributed by atoms with E-state index in [9.17, 15) is 9.59 Å². The number of thiophene rings is 1. The Morgan fingerprint density at radius 3 is 2.76 bits per heavy atom. The van der Waals surface area contributed by atoms with Crippen LogP contribution in [-0.4, -0.2) is 18.5 Å². The molecule has 4 rings (SSSR count). The van der Waals surface area contributed by atoms with Gasteiger partial charge in [-0.15, -0.1) is 11.3 Å². The lowest BCUT2D eigenvalue weighted by Crippen LogP contribution is -2.27. The maximum absolute atomic E-state index is 12.9. The zero-order valence-corrected chi connectivity index (χ0v) is 15.9. The van der Waals surface area contributed by atoms with Crippen LogP contribution in [0.4, 0.5) is 5.00 Å². The van der Waals surface area contributed by atoms with E-state index in [1.54, 1.807) is 11.3 Å². The van der Waals surface area contributed by atoms with Crippen molar-refractivity contribution in [2.75, 3.05) is 11.9 Å². The van der Waals surface area contributed by atoms with E-state index in [1.807, 2.05) is 6.92 Å². The van der Waals surface area contributed by atoms with Gasteiger partial charge in [0.25, 0.3) is 0 Å². The second-order valence-electron chi connectivity index (χ2n) is 8.05. The third-order valence-corrected chi connectivity index (χ3v) is 7.47. The van der Waals surface area contributed by atoms with Gasteiger partial charge in [0.05, 0.1) is 12.2 Å². The van der Waals surface area contributed by atoms with E-state index >= 15 is 0 Å². The van der Waals surface area contributed by atoms with E-state index in [4.69, 9.17) is 4.74 Å². The number of rotatable bonds is 4. The average molecular weight is 362 g/mol. The van der Waals surface area contributed by atoms with Gasteiger partial charge < -0.3 is 10.1 Å². The smallest absolute Gasteiger partial charge is 0.341 e. The number of carbonyl (C=O) groups is 2. The van der Waals surface area contributed by atoms with E-state index in [0.29, 0.717) is 24.0 Å². The highest BCUT2D eigenvalue weighted by Crippen LogP contribution is 2.49. The van der Waals surface area contributed by atoms with Crippen LogP contribution in [0.3, 0.4) is 0 Å². The zero-order valence-electron chi connectivity index (χ0n) is 15.1. The minimum atomic E-state index is -0.280. The number of hydrogen-bond donors (Lipinski definition) is 1. The molecule has 0 aromatic carbocycles. The lowest BCUT2D eigenvalue weighted by molar-refractivity contribution is -0.121. The average Bonchev–Trinajstić information content (AvgIpc) is 3.27. The summed E-state index contributed by atoms with van der Waals surface area (Å²) in [5, 5.41) is 3.85. The van der Waals surface area contributed by atoms with Crippen molar-refractivity contribution in [3.05, 3.63) is 16.0 Å². The predicted octanol–water partition coefficient (Wildman–Crippen LogP) is 4.42. The Kier molecular flexibility index (Phi) is 4.61. The summed E-state index contributed by atoms with van der Waals surface area (Å²) < 4.78 is 5.29. The fourth-order valence-electron chi connectivity index (χ4n) is 5.03. The first kappa shape index (κ1) is 17.1. The van der Waals surface area contributed by atoms with E-state index in [0.717, 1.165) is 42.2 Å². The number of ether oxygens (including phenoxy) is 1. The van der Waals surface area contributed by atoms with Crippen molar-refractivity contribution in [2.45, 2.75) is 58.8 Å². The number of fused-ring (bicyclic) bond motifs is 3. The van der Waals surface area contributed by atoms with Crippen molar-refractivity contribution < 1.29 is 14.3 Å². The predicted molar refractivity (Wildman–Crippen MR) is 99.0 cm³/mol. The molecule has 1 aromatic heterocycles. The second kappa shape index (κ2) is 6.75. The monoisotopic (exact) mass is 361 g/mol. The van der Waals surface area contributed by atoms with Crippen LogP contribution in [0.2, 0.25) is 0 Å². The molecule has 2 bridgehead atoms. The third kappa shape index (κ3) is 3.12. The highest BCUT2D eigenvalue weighted by Gasteiger charge is 2.43. The van der Waals surface area contributed by atoms with E-state index < -0.39 is 0 Å². The number of carbonyl (C=O) groups excluding carboxylic acids is 2. The first-order chi connectivity index (χ1) is 12.1. The summed E-state index contributed by atoms with van der Waals surface area (Å²) in [5.74, 6) is 1.89. The van der Waals surface area contributed by atoms with Crippen molar-refractivity contribution in [1.29, 1.82) is 0 Å². The molecular weight excluding hydrogens is 334 g/mol. The molecule has 2 fully saturated rings. The highest BCUT2D eigenvalue weighted by atomic mass is 32.1. The van der Waals surface area contributed by atoms with Crippen molar-refractivity contribution in [3.8, 4) is 0 Å². The Bertz CT molecular complexity index is 695. The number of esters is 1. The maximum atomic E-state index is 12.9. The largest absolute Gasteiger partial charge is 0.462 e. The number of hydrogen-bond acceptors (Lipinski definition) is 4. The fourth-order valence-corrected chi connectivity index (χ4v) is 6.43. The fraction of sp³-hybridized carbons (Fsp3) is 0.700. The van der Waals surface area contributed by atoms with Gasteiger partial charge in [-0.05, 0) is 68.8 Å². The SMILES string of the molecule is CCOC(=O)c1c(NC(=O)[C@@H]2C[C@H]3CC[C@@H]2C3)sc2c1CC[C@@H](C)C2. The molecule has 1 aromatic rings. The van der Waals surface area contributed by atoms with Crippen molar-refractivity contribution in [2.24, 2.45) is 23.7 Å². The summed E-state index contributed by atoms with van der Waals surface area (Å²) in [5.41, 5.74) is 1.75. The van der Waals surface area contributed by atoms with Gasteiger partial charge in [-0.25, -0.2) is 4.79 Å². The summed E-state index contributed by atoms with van der Waals surface area (Å²) in [6.45, 7) is 4.44. The van der Waals surface area contributed by atoms with Crippen LogP contribution in [0.25, 0.3) is 0 Å². The molecule has 0 aliphatic heterocycles.